The van der Waals surface area contributed by atoms with Gasteiger partial charge in [-0.05, 0) is 33.2 Å². The molecule has 0 amide bonds. The van der Waals surface area contributed by atoms with Gasteiger partial charge in [-0.2, -0.15) is 0 Å². The van der Waals surface area contributed by atoms with Gasteiger partial charge >= 0.3 is 5.97 Å². The topological polar surface area (TPSA) is 116 Å². The summed E-state index contributed by atoms with van der Waals surface area (Å²) in [6, 6.07) is 3.75. The number of nitrogens with one attached hydrogen (secondary N) is 1. The van der Waals surface area contributed by atoms with Gasteiger partial charge in [-0.1, -0.05) is 0 Å². The Morgan fingerprint density at radius 2 is 2.10 bits per heavy atom. The second-order valence-corrected chi connectivity index (χ2v) is 5.38. The third-order valence-corrected chi connectivity index (χ3v) is 2.76. The molecule has 0 aliphatic rings. The number of nitrogens with zero attached hydrogens (tertiary/aromatic N) is 2. The second-order valence-electron chi connectivity index (χ2n) is 5.38. The Hall–Kier alpha value is -2.19. The number of rotatable bonds is 7. The van der Waals surface area contributed by atoms with Crippen LogP contribution in [0.25, 0.3) is 0 Å². The average Bonchev–Trinajstić information content (AvgIpc) is 2.34. The standard InChI is InChI=1S/C13H19N3O5/c1-13(19,8-15(2)3)7-14-9-4-5-10(12(17)18)11(6-9)16(20)21/h4-6,14,19H,7-8H2,1-3H3,(H,17,18). The summed E-state index contributed by atoms with van der Waals surface area (Å²) in [4.78, 5) is 22.9. The number of carbonyl (C=O) groups is 1. The lowest BCUT2D eigenvalue weighted by Crippen LogP contribution is -2.43. The Labute approximate surface area is 122 Å². The largest absolute Gasteiger partial charge is 0.477 e. The Morgan fingerprint density at radius 3 is 2.57 bits per heavy atom. The van der Waals surface area contributed by atoms with Crippen molar-refractivity contribution in [2.45, 2.75) is 12.5 Å². The van der Waals surface area contributed by atoms with E-state index in [1.807, 2.05) is 19.0 Å². The van der Waals surface area contributed by atoms with E-state index < -0.39 is 22.2 Å². The molecule has 3 N–H and O–H groups in total. The van der Waals surface area contributed by atoms with E-state index in [0.717, 1.165) is 6.07 Å². The molecule has 0 saturated heterocycles. The number of likely N-dealkylation sites (N-methyl/N-ethyl adjacent to an activating group) is 1. The van der Waals surface area contributed by atoms with Gasteiger partial charge in [0.2, 0.25) is 0 Å². The predicted molar refractivity (Wildman–Crippen MR) is 77.7 cm³/mol. The van der Waals surface area contributed by atoms with E-state index in [2.05, 4.69) is 5.32 Å². The van der Waals surface area contributed by atoms with Gasteiger partial charge in [-0.3, -0.25) is 10.1 Å². The van der Waals surface area contributed by atoms with Crippen molar-refractivity contribution >= 4 is 17.3 Å². The van der Waals surface area contributed by atoms with Crippen molar-refractivity contribution in [1.82, 2.24) is 4.90 Å². The van der Waals surface area contributed by atoms with Crippen molar-refractivity contribution in [2.75, 3.05) is 32.5 Å². The van der Waals surface area contributed by atoms with E-state index in [1.165, 1.54) is 12.1 Å². The van der Waals surface area contributed by atoms with Crippen LogP contribution in [0.1, 0.15) is 17.3 Å². The third kappa shape index (κ3) is 5.01. The van der Waals surface area contributed by atoms with Crippen LogP contribution in [0.4, 0.5) is 11.4 Å². The second kappa shape index (κ2) is 6.51. The van der Waals surface area contributed by atoms with Crippen LogP contribution in [-0.2, 0) is 0 Å². The zero-order valence-electron chi connectivity index (χ0n) is 12.2. The summed E-state index contributed by atoms with van der Waals surface area (Å²) in [7, 11) is 3.64. The van der Waals surface area contributed by atoms with Crippen molar-refractivity contribution in [3.05, 3.63) is 33.9 Å². The van der Waals surface area contributed by atoms with Crippen LogP contribution in [-0.4, -0.2) is 58.8 Å². The molecule has 0 fully saturated rings. The summed E-state index contributed by atoms with van der Waals surface area (Å²) >= 11 is 0. The molecule has 1 atom stereocenters. The highest BCUT2D eigenvalue weighted by Gasteiger charge is 2.23. The van der Waals surface area contributed by atoms with E-state index in [4.69, 9.17) is 5.11 Å². The number of hydrogen-bond acceptors (Lipinski definition) is 6. The summed E-state index contributed by atoms with van der Waals surface area (Å²) in [6.45, 7) is 2.23. The van der Waals surface area contributed by atoms with Crippen LogP contribution in [0.3, 0.4) is 0 Å². The fourth-order valence-corrected chi connectivity index (χ4v) is 2.00. The predicted octanol–water partition coefficient (Wildman–Crippen LogP) is 1.02. The number of anilines is 1. The molecule has 8 nitrogen and oxygen atoms in total. The minimum Gasteiger partial charge on any atom is -0.477 e. The maximum absolute atomic E-state index is 10.9. The molecule has 0 aliphatic heterocycles. The molecule has 1 rings (SSSR count). The van der Waals surface area contributed by atoms with E-state index in [1.54, 1.807) is 6.92 Å². The van der Waals surface area contributed by atoms with Crippen LogP contribution >= 0.6 is 0 Å². The van der Waals surface area contributed by atoms with Gasteiger partial charge in [0.25, 0.3) is 5.69 Å². The Balaban J connectivity index is 2.88. The molecule has 1 aromatic carbocycles. The number of benzene rings is 1. The summed E-state index contributed by atoms with van der Waals surface area (Å²) in [5, 5.41) is 32.8. The lowest BCUT2D eigenvalue weighted by atomic mass is 10.1. The van der Waals surface area contributed by atoms with Crippen molar-refractivity contribution in [3.63, 3.8) is 0 Å². The SMILES string of the molecule is CN(C)CC(C)(O)CNc1ccc(C(=O)O)c([N+](=O)[O-])c1. The summed E-state index contributed by atoms with van der Waals surface area (Å²) in [5.41, 5.74) is -1.50. The molecule has 116 valence electrons. The van der Waals surface area contributed by atoms with Crippen molar-refractivity contribution in [2.24, 2.45) is 0 Å². The Kier molecular flexibility index (Phi) is 5.23. The molecule has 0 spiro atoms. The van der Waals surface area contributed by atoms with Crippen LogP contribution < -0.4 is 5.32 Å². The molecule has 1 aromatic rings. The number of aliphatic hydroxyl groups is 1. The molecule has 1 unspecified atom stereocenters. The smallest absolute Gasteiger partial charge is 0.342 e. The normalized spacial score (nSPS) is 13.8. The highest BCUT2D eigenvalue weighted by atomic mass is 16.6. The van der Waals surface area contributed by atoms with E-state index in [0.29, 0.717) is 12.2 Å². The first kappa shape index (κ1) is 16.9. The monoisotopic (exact) mass is 297 g/mol. The van der Waals surface area contributed by atoms with Gasteiger partial charge in [-0.25, -0.2) is 4.79 Å². The van der Waals surface area contributed by atoms with Gasteiger partial charge in [0, 0.05) is 24.8 Å². The average molecular weight is 297 g/mol. The Bertz CT molecular complexity index is 543. The quantitative estimate of drug-likeness (QED) is 0.508. The first-order valence-electron chi connectivity index (χ1n) is 6.25. The van der Waals surface area contributed by atoms with Gasteiger partial charge in [-0.15, -0.1) is 0 Å². The number of nitro benzene ring substituents is 1. The zero-order valence-corrected chi connectivity index (χ0v) is 12.2. The molecule has 0 radical (unpaired) electrons. The lowest BCUT2D eigenvalue weighted by molar-refractivity contribution is -0.385. The first-order chi connectivity index (χ1) is 9.62. The minimum atomic E-state index is -1.35. The number of nitro groups is 1. The molecule has 0 aliphatic carbocycles. The number of carboxylic acids is 1. The summed E-state index contributed by atoms with van der Waals surface area (Å²) in [6.07, 6.45) is 0. The fraction of sp³-hybridized carbons (Fsp3) is 0.462. The summed E-state index contributed by atoms with van der Waals surface area (Å²) < 4.78 is 0. The molecule has 8 heteroatoms. The van der Waals surface area contributed by atoms with Crippen LogP contribution in [0.5, 0.6) is 0 Å². The number of carboxylic acid groups (broad SMARTS) is 1. The Morgan fingerprint density at radius 1 is 1.48 bits per heavy atom. The molecular formula is C13H19N3O5. The summed E-state index contributed by atoms with van der Waals surface area (Å²) in [5.74, 6) is -1.35. The molecular weight excluding hydrogens is 278 g/mol. The molecule has 0 saturated carbocycles. The maximum Gasteiger partial charge on any atom is 0.342 e. The van der Waals surface area contributed by atoms with Crippen molar-refractivity contribution < 1.29 is 19.9 Å². The maximum atomic E-state index is 10.9. The zero-order chi connectivity index (χ0) is 16.2. The van der Waals surface area contributed by atoms with Crippen molar-refractivity contribution in [3.8, 4) is 0 Å². The number of aromatic carboxylic acids is 1. The van der Waals surface area contributed by atoms with E-state index in [-0.39, 0.29) is 12.1 Å². The van der Waals surface area contributed by atoms with Crippen LogP contribution in [0, 0.1) is 10.1 Å². The van der Waals surface area contributed by atoms with Gasteiger partial charge in [0.15, 0.2) is 0 Å². The molecule has 0 aromatic heterocycles. The third-order valence-electron chi connectivity index (χ3n) is 2.76. The highest BCUT2D eigenvalue weighted by molar-refractivity contribution is 5.93. The lowest BCUT2D eigenvalue weighted by Gasteiger charge is -2.27. The highest BCUT2D eigenvalue weighted by Crippen LogP contribution is 2.23. The minimum absolute atomic E-state index is 0.175. The van der Waals surface area contributed by atoms with Gasteiger partial charge in [0.1, 0.15) is 5.56 Å². The fourth-order valence-electron chi connectivity index (χ4n) is 2.00. The first-order valence-corrected chi connectivity index (χ1v) is 6.25. The van der Waals surface area contributed by atoms with Crippen LogP contribution in [0.2, 0.25) is 0 Å². The van der Waals surface area contributed by atoms with Crippen LogP contribution in [0.15, 0.2) is 18.2 Å². The molecule has 21 heavy (non-hydrogen) atoms. The van der Waals surface area contributed by atoms with Crippen molar-refractivity contribution in [1.29, 1.82) is 0 Å². The molecule has 0 bridgehead atoms. The molecule has 0 heterocycles. The van der Waals surface area contributed by atoms with E-state index >= 15 is 0 Å². The van der Waals surface area contributed by atoms with E-state index in [9.17, 15) is 20.0 Å². The van der Waals surface area contributed by atoms with Gasteiger partial charge in [0.05, 0.1) is 10.5 Å². The number of hydrogen-bond donors (Lipinski definition) is 3. The van der Waals surface area contributed by atoms with Gasteiger partial charge < -0.3 is 20.4 Å².